The van der Waals surface area contributed by atoms with Crippen LogP contribution < -0.4 is 9.99 Å². The van der Waals surface area contributed by atoms with Crippen LogP contribution in [0.25, 0.3) is 17.1 Å². The van der Waals surface area contributed by atoms with Crippen molar-refractivity contribution in [3.63, 3.8) is 0 Å². The second kappa shape index (κ2) is 10.2. The maximum absolute atomic E-state index is 12.4. The predicted molar refractivity (Wildman–Crippen MR) is 131 cm³/mol. The molecule has 1 heterocycles. The minimum Gasteiger partial charge on any atom is -0.508 e. The fourth-order valence-corrected chi connectivity index (χ4v) is 3.97. The van der Waals surface area contributed by atoms with E-state index in [0.29, 0.717) is 10.7 Å². The second-order valence-corrected chi connectivity index (χ2v) is 8.66. The molecule has 4 rings (SSSR count). The van der Waals surface area contributed by atoms with Crippen LogP contribution in [0.3, 0.4) is 0 Å². The molecule has 1 amide bonds. The molecular weight excluding hydrogens is 450 g/mol. The fourth-order valence-electron chi connectivity index (χ4n) is 3.21. The Hall–Kier alpha value is -4.11. The fraction of sp³-hybridized carbons (Fsp3) is 0.120. The van der Waals surface area contributed by atoms with Gasteiger partial charge in [-0.3, -0.25) is 4.79 Å². The highest BCUT2D eigenvalue weighted by Crippen LogP contribution is 2.22. The number of hydrogen-bond acceptors (Lipinski definition) is 6. The first-order chi connectivity index (χ1) is 16.4. The number of phenolic OH excluding ortho intramolecular Hbond substituents is 2. The first-order valence-corrected chi connectivity index (χ1v) is 11.5. The third kappa shape index (κ3) is 5.44. The van der Waals surface area contributed by atoms with Gasteiger partial charge in [0.25, 0.3) is 11.7 Å². The number of phenols is 2. The quantitative estimate of drug-likeness (QED) is 0.141. The molecule has 0 aliphatic heterocycles. The van der Waals surface area contributed by atoms with Gasteiger partial charge in [-0.2, -0.15) is 9.67 Å². The number of aromatic amines is 1. The largest absolute Gasteiger partial charge is 0.508 e. The summed E-state index contributed by atoms with van der Waals surface area (Å²) in [6, 6.07) is 20.4. The molecule has 1 aromatic heterocycles. The van der Waals surface area contributed by atoms with E-state index in [0.717, 1.165) is 28.2 Å². The first-order valence-electron chi connectivity index (χ1n) is 10.5. The Bertz CT molecular complexity index is 1330. The van der Waals surface area contributed by atoms with Crippen molar-refractivity contribution >= 4 is 23.9 Å². The monoisotopic (exact) mass is 474 g/mol. The number of aryl methyl sites for hydroxylation is 2. The Kier molecular flexibility index (Phi) is 6.93. The van der Waals surface area contributed by atoms with Crippen LogP contribution in [0.15, 0.2) is 77.0 Å². The zero-order valence-electron chi connectivity index (χ0n) is 18.7. The first kappa shape index (κ1) is 23.1. The molecule has 0 spiro atoms. The zero-order valence-corrected chi connectivity index (χ0v) is 19.5. The maximum Gasteiger partial charge on any atom is 0.342 e. The molecule has 0 saturated heterocycles. The number of thioether (sulfide) groups is 1. The summed E-state index contributed by atoms with van der Waals surface area (Å²) in [6.07, 6.45) is 1.31. The van der Waals surface area contributed by atoms with E-state index < -0.39 is 0 Å². The molecule has 4 N–H and O–H groups in total. The van der Waals surface area contributed by atoms with Crippen molar-refractivity contribution in [1.82, 2.24) is 15.6 Å². The SMILES string of the molecule is Cc1ccc(-c2[nH]nc(SCC(=O)N/N=C/c3ccc(O)cc3O)[n+]2-c2ccc(C)cc2)cc1. The topological polar surface area (TPSA) is 114 Å². The number of benzene rings is 3. The van der Waals surface area contributed by atoms with Crippen molar-refractivity contribution in [2.75, 3.05) is 5.75 Å². The third-order valence-corrected chi connectivity index (χ3v) is 5.97. The summed E-state index contributed by atoms with van der Waals surface area (Å²) in [6.45, 7) is 4.07. The van der Waals surface area contributed by atoms with Gasteiger partial charge in [-0.1, -0.05) is 35.4 Å². The van der Waals surface area contributed by atoms with E-state index in [1.807, 2.05) is 66.9 Å². The van der Waals surface area contributed by atoms with Crippen LogP contribution >= 0.6 is 11.8 Å². The smallest absolute Gasteiger partial charge is 0.342 e. The normalized spacial score (nSPS) is 11.1. The van der Waals surface area contributed by atoms with Crippen LogP contribution in [0.5, 0.6) is 11.5 Å². The lowest BCUT2D eigenvalue weighted by atomic mass is 10.1. The van der Waals surface area contributed by atoms with Crippen LogP contribution in [0.4, 0.5) is 0 Å². The number of rotatable bonds is 7. The van der Waals surface area contributed by atoms with E-state index in [9.17, 15) is 15.0 Å². The van der Waals surface area contributed by atoms with E-state index in [1.165, 1.54) is 36.2 Å². The van der Waals surface area contributed by atoms with Crippen molar-refractivity contribution < 1.29 is 19.6 Å². The van der Waals surface area contributed by atoms with Crippen LogP contribution in [0.2, 0.25) is 0 Å². The van der Waals surface area contributed by atoms with Crippen molar-refractivity contribution in [3.8, 4) is 28.6 Å². The standard InChI is InChI=1S/C25H23N5O3S/c1-16-3-7-18(8-4-16)24-28-29-25(30(24)20-10-5-17(2)6-11-20)34-15-23(33)27-26-14-19-9-12-21(31)13-22(19)32/h3-14H,15H2,1-2H3,(H3,26,27,31,32,33)/p+1. The number of carbonyl (C=O) groups is 1. The number of aromatic hydroxyl groups is 2. The summed E-state index contributed by atoms with van der Waals surface area (Å²) in [5, 5.41) is 31.2. The minimum absolute atomic E-state index is 0.0547. The molecule has 0 fully saturated rings. The van der Waals surface area contributed by atoms with Gasteiger partial charge in [-0.05, 0) is 62.0 Å². The highest BCUT2D eigenvalue weighted by molar-refractivity contribution is 7.99. The molecule has 0 radical (unpaired) electrons. The molecule has 0 unspecified atom stereocenters. The Morgan fingerprint density at radius 1 is 1.06 bits per heavy atom. The second-order valence-electron chi connectivity index (χ2n) is 7.72. The van der Waals surface area contributed by atoms with Crippen LogP contribution in [0.1, 0.15) is 16.7 Å². The number of nitrogens with one attached hydrogen (secondary N) is 2. The molecule has 3 aromatic carbocycles. The van der Waals surface area contributed by atoms with E-state index in [2.05, 4.69) is 20.7 Å². The predicted octanol–water partition coefficient (Wildman–Crippen LogP) is 3.62. The van der Waals surface area contributed by atoms with Crippen LogP contribution in [-0.2, 0) is 4.79 Å². The number of amides is 1. The summed E-state index contributed by atoms with van der Waals surface area (Å²) in [7, 11) is 0. The van der Waals surface area contributed by atoms with Crippen molar-refractivity contribution in [3.05, 3.63) is 83.4 Å². The van der Waals surface area contributed by atoms with E-state index >= 15 is 0 Å². The Balaban J connectivity index is 1.51. The molecule has 0 bridgehead atoms. The summed E-state index contributed by atoms with van der Waals surface area (Å²) in [4.78, 5) is 12.4. The summed E-state index contributed by atoms with van der Waals surface area (Å²) >= 11 is 1.28. The number of H-pyrrole nitrogens is 1. The molecule has 0 aliphatic carbocycles. The molecule has 34 heavy (non-hydrogen) atoms. The minimum atomic E-state index is -0.324. The summed E-state index contributed by atoms with van der Waals surface area (Å²) in [5.74, 6) is 0.387. The zero-order chi connectivity index (χ0) is 24.1. The van der Waals surface area contributed by atoms with Gasteiger partial charge in [0.05, 0.1) is 22.6 Å². The Morgan fingerprint density at radius 3 is 2.41 bits per heavy atom. The third-order valence-electron chi connectivity index (χ3n) is 5.03. The van der Waals surface area contributed by atoms with E-state index in [4.69, 9.17) is 0 Å². The summed E-state index contributed by atoms with van der Waals surface area (Å²) in [5.41, 5.74) is 7.04. The van der Waals surface area contributed by atoms with Gasteiger partial charge in [0.15, 0.2) is 0 Å². The average Bonchev–Trinajstić information content (AvgIpc) is 3.24. The summed E-state index contributed by atoms with van der Waals surface area (Å²) < 4.78 is 1.99. The molecule has 9 heteroatoms. The molecule has 0 aliphatic rings. The number of aromatic nitrogens is 3. The van der Waals surface area contributed by atoms with Crippen molar-refractivity contribution in [2.45, 2.75) is 19.0 Å². The van der Waals surface area contributed by atoms with Crippen molar-refractivity contribution in [1.29, 1.82) is 0 Å². The molecular formula is C25H24N5O3S+. The Labute approximate surface area is 201 Å². The van der Waals surface area contributed by atoms with Crippen molar-refractivity contribution in [2.24, 2.45) is 5.10 Å². The lowest BCUT2D eigenvalue weighted by molar-refractivity contribution is -0.625. The highest BCUT2D eigenvalue weighted by Gasteiger charge is 2.24. The number of hydrogen-bond donors (Lipinski definition) is 4. The van der Waals surface area contributed by atoms with Crippen LogP contribution in [0, 0.1) is 13.8 Å². The number of hydrazone groups is 1. The van der Waals surface area contributed by atoms with Crippen LogP contribution in [-0.4, -0.2) is 38.3 Å². The van der Waals surface area contributed by atoms with Gasteiger partial charge >= 0.3 is 5.16 Å². The number of carbonyl (C=O) groups excluding carboxylic acids is 1. The van der Waals surface area contributed by atoms with Gasteiger partial charge in [0.1, 0.15) is 17.2 Å². The van der Waals surface area contributed by atoms with Gasteiger partial charge in [-0.25, -0.2) is 5.43 Å². The average molecular weight is 475 g/mol. The number of nitrogens with zero attached hydrogens (tertiary/aromatic N) is 3. The molecule has 172 valence electrons. The van der Waals surface area contributed by atoms with E-state index in [1.54, 1.807) is 0 Å². The van der Waals surface area contributed by atoms with Gasteiger partial charge in [0, 0.05) is 11.6 Å². The lowest BCUT2D eigenvalue weighted by Gasteiger charge is -2.05. The molecule has 4 aromatic rings. The molecule has 0 atom stereocenters. The molecule has 8 nitrogen and oxygen atoms in total. The van der Waals surface area contributed by atoms with Gasteiger partial charge in [-0.15, -0.1) is 5.10 Å². The Morgan fingerprint density at radius 2 is 1.74 bits per heavy atom. The van der Waals surface area contributed by atoms with E-state index in [-0.39, 0.29) is 23.2 Å². The molecule has 0 saturated carbocycles. The maximum atomic E-state index is 12.4. The van der Waals surface area contributed by atoms with Gasteiger partial charge < -0.3 is 10.2 Å². The van der Waals surface area contributed by atoms with Gasteiger partial charge in [0.2, 0.25) is 0 Å². The highest BCUT2D eigenvalue weighted by atomic mass is 32.2. The lowest BCUT2D eigenvalue weighted by Crippen LogP contribution is -2.34.